The fourth-order valence-electron chi connectivity index (χ4n) is 2.08. The molecular formula is C14H16F3N3. The molecule has 0 amide bonds. The van der Waals surface area contributed by atoms with Gasteiger partial charge in [0, 0.05) is 31.9 Å². The highest BCUT2D eigenvalue weighted by atomic mass is 19.4. The summed E-state index contributed by atoms with van der Waals surface area (Å²) in [6.07, 6.45) is 0.0783. The van der Waals surface area contributed by atoms with E-state index in [9.17, 15) is 13.2 Å². The molecule has 0 spiro atoms. The second kappa shape index (κ2) is 5.66. The summed E-state index contributed by atoms with van der Waals surface area (Å²) < 4.78 is 39.7. The SMILES string of the molecule is Cn1ccnc1CC(N)Cc1cccc(C(F)(F)F)c1. The van der Waals surface area contributed by atoms with Crippen molar-refractivity contribution in [3.8, 4) is 0 Å². The van der Waals surface area contributed by atoms with E-state index in [1.807, 2.05) is 17.8 Å². The molecule has 0 fully saturated rings. The molecule has 0 bridgehead atoms. The molecular weight excluding hydrogens is 267 g/mol. The Morgan fingerprint density at radius 3 is 2.65 bits per heavy atom. The standard InChI is InChI=1S/C14H16F3N3/c1-20-6-5-19-13(20)9-12(18)8-10-3-2-4-11(7-10)14(15,16)17/h2-7,12H,8-9,18H2,1H3. The van der Waals surface area contributed by atoms with Gasteiger partial charge in [-0.15, -0.1) is 0 Å². The third kappa shape index (κ3) is 3.60. The summed E-state index contributed by atoms with van der Waals surface area (Å²) in [6, 6.07) is 5.02. The Kier molecular flexibility index (Phi) is 4.13. The number of aryl methyl sites for hydroxylation is 1. The Hall–Kier alpha value is -1.82. The predicted molar refractivity (Wildman–Crippen MR) is 70.0 cm³/mol. The topological polar surface area (TPSA) is 43.8 Å². The fourth-order valence-corrected chi connectivity index (χ4v) is 2.08. The van der Waals surface area contributed by atoms with Gasteiger partial charge in [0.05, 0.1) is 5.56 Å². The van der Waals surface area contributed by atoms with Crippen molar-refractivity contribution in [2.24, 2.45) is 12.8 Å². The molecule has 1 aromatic carbocycles. The summed E-state index contributed by atoms with van der Waals surface area (Å²) in [5, 5.41) is 0. The lowest BCUT2D eigenvalue weighted by atomic mass is 10.0. The molecule has 0 aliphatic rings. The average molecular weight is 283 g/mol. The Morgan fingerprint density at radius 2 is 2.05 bits per heavy atom. The zero-order valence-corrected chi connectivity index (χ0v) is 11.1. The number of benzene rings is 1. The number of rotatable bonds is 4. The van der Waals surface area contributed by atoms with Crippen LogP contribution in [0.3, 0.4) is 0 Å². The fraction of sp³-hybridized carbons (Fsp3) is 0.357. The minimum absolute atomic E-state index is 0.264. The maximum atomic E-state index is 12.6. The summed E-state index contributed by atoms with van der Waals surface area (Å²) in [4.78, 5) is 4.16. The van der Waals surface area contributed by atoms with Crippen LogP contribution < -0.4 is 5.73 Å². The lowest BCUT2D eigenvalue weighted by Gasteiger charge is -2.13. The van der Waals surface area contributed by atoms with Gasteiger partial charge in [-0.3, -0.25) is 0 Å². The highest BCUT2D eigenvalue weighted by Gasteiger charge is 2.30. The van der Waals surface area contributed by atoms with E-state index in [2.05, 4.69) is 4.98 Å². The monoisotopic (exact) mass is 283 g/mol. The van der Waals surface area contributed by atoms with Crippen LogP contribution in [0.25, 0.3) is 0 Å². The molecule has 0 saturated heterocycles. The predicted octanol–water partition coefficient (Wildman–Crippen LogP) is 2.55. The number of hydrogen-bond donors (Lipinski definition) is 1. The molecule has 1 unspecified atom stereocenters. The molecule has 2 N–H and O–H groups in total. The van der Waals surface area contributed by atoms with Crippen LogP contribution in [0, 0.1) is 0 Å². The second-order valence-corrected chi connectivity index (χ2v) is 4.82. The quantitative estimate of drug-likeness (QED) is 0.937. The molecule has 0 aliphatic carbocycles. The van der Waals surface area contributed by atoms with Gasteiger partial charge >= 0.3 is 6.18 Å². The number of aromatic nitrogens is 2. The van der Waals surface area contributed by atoms with E-state index in [-0.39, 0.29) is 6.04 Å². The zero-order chi connectivity index (χ0) is 14.8. The van der Waals surface area contributed by atoms with Crippen molar-refractivity contribution in [3.05, 3.63) is 53.6 Å². The van der Waals surface area contributed by atoms with Crippen molar-refractivity contribution in [1.29, 1.82) is 0 Å². The number of alkyl halides is 3. The van der Waals surface area contributed by atoms with Gasteiger partial charge in [0.25, 0.3) is 0 Å². The van der Waals surface area contributed by atoms with Gasteiger partial charge in [-0.05, 0) is 18.1 Å². The second-order valence-electron chi connectivity index (χ2n) is 4.82. The molecule has 2 aromatic rings. The van der Waals surface area contributed by atoms with Crippen molar-refractivity contribution in [2.75, 3.05) is 0 Å². The van der Waals surface area contributed by atoms with Gasteiger partial charge in [-0.25, -0.2) is 4.98 Å². The van der Waals surface area contributed by atoms with E-state index in [1.165, 1.54) is 6.07 Å². The third-order valence-corrected chi connectivity index (χ3v) is 3.12. The normalized spacial score (nSPS) is 13.4. The minimum Gasteiger partial charge on any atom is -0.338 e. The molecule has 2 rings (SSSR count). The first-order valence-corrected chi connectivity index (χ1v) is 6.24. The number of hydrogen-bond acceptors (Lipinski definition) is 2. The zero-order valence-electron chi connectivity index (χ0n) is 11.1. The minimum atomic E-state index is -4.32. The Bertz CT molecular complexity index is 575. The summed E-state index contributed by atoms with van der Waals surface area (Å²) >= 11 is 0. The molecule has 108 valence electrons. The lowest BCUT2D eigenvalue weighted by Crippen LogP contribution is -2.27. The Morgan fingerprint density at radius 1 is 1.30 bits per heavy atom. The third-order valence-electron chi connectivity index (χ3n) is 3.12. The van der Waals surface area contributed by atoms with E-state index in [0.29, 0.717) is 18.4 Å². The molecule has 3 nitrogen and oxygen atoms in total. The number of halogens is 3. The molecule has 20 heavy (non-hydrogen) atoms. The van der Waals surface area contributed by atoms with Gasteiger partial charge < -0.3 is 10.3 Å². The van der Waals surface area contributed by atoms with Crippen molar-refractivity contribution in [3.63, 3.8) is 0 Å². The van der Waals surface area contributed by atoms with E-state index in [4.69, 9.17) is 5.73 Å². The Labute approximate surface area is 115 Å². The molecule has 0 aliphatic heterocycles. The van der Waals surface area contributed by atoms with E-state index < -0.39 is 11.7 Å². The van der Waals surface area contributed by atoms with Crippen LogP contribution in [-0.2, 0) is 26.1 Å². The van der Waals surface area contributed by atoms with Crippen LogP contribution in [-0.4, -0.2) is 15.6 Å². The van der Waals surface area contributed by atoms with Gasteiger partial charge in [0.1, 0.15) is 5.82 Å². The first-order valence-electron chi connectivity index (χ1n) is 6.24. The summed E-state index contributed by atoms with van der Waals surface area (Å²) in [5.41, 5.74) is 5.94. The molecule has 1 heterocycles. The average Bonchev–Trinajstić information content (AvgIpc) is 2.74. The highest BCUT2D eigenvalue weighted by Crippen LogP contribution is 2.29. The van der Waals surface area contributed by atoms with Gasteiger partial charge in [0.2, 0.25) is 0 Å². The molecule has 0 radical (unpaired) electrons. The van der Waals surface area contributed by atoms with Crippen LogP contribution in [0.5, 0.6) is 0 Å². The van der Waals surface area contributed by atoms with Crippen LogP contribution in [0.1, 0.15) is 17.0 Å². The molecule has 1 atom stereocenters. The lowest BCUT2D eigenvalue weighted by molar-refractivity contribution is -0.137. The van der Waals surface area contributed by atoms with Crippen LogP contribution in [0.15, 0.2) is 36.7 Å². The van der Waals surface area contributed by atoms with Gasteiger partial charge in [0.15, 0.2) is 0 Å². The van der Waals surface area contributed by atoms with E-state index in [0.717, 1.165) is 18.0 Å². The number of imidazole rings is 1. The maximum absolute atomic E-state index is 12.6. The maximum Gasteiger partial charge on any atom is 0.416 e. The summed E-state index contributed by atoms with van der Waals surface area (Å²) in [5.74, 6) is 0.824. The first kappa shape index (κ1) is 14.6. The number of nitrogens with zero attached hydrogens (tertiary/aromatic N) is 2. The van der Waals surface area contributed by atoms with Crippen molar-refractivity contribution in [2.45, 2.75) is 25.1 Å². The summed E-state index contributed by atoms with van der Waals surface area (Å²) in [7, 11) is 1.86. The van der Waals surface area contributed by atoms with E-state index in [1.54, 1.807) is 12.3 Å². The molecule has 0 saturated carbocycles. The molecule has 1 aromatic heterocycles. The first-order chi connectivity index (χ1) is 9.36. The van der Waals surface area contributed by atoms with Crippen molar-refractivity contribution < 1.29 is 13.2 Å². The van der Waals surface area contributed by atoms with Crippen molar-refractivity contribution >= 4 is 0 Å². The van der Waals surface area contributed by atoms with Crippen LogP contribution >= 0.6 is 0 Å². The largest absolute Gasteiger partial charge is 0.416 e. The smallest absolute Gasteiger partial charge is 0.338 e. The summed E-state index contributed by atoms with van der Waals surface area (Å²) in [6.45, 7) is 0. The highest BCUT2D eigenvalue weighted by molar-refractivity contribution is 5.26. The Balaban J connectivity index is 2.05. The van der Waals surface area contributed by atoms with Crippen molar-refractivity contribution in [1.82, 2.24) is 9.55 Å². The molecule has 6 heteroatoms. The number of nitrogens with two attached hydrogens (primary N) is 1. The van der Waals surface area contributed by atoms with E-state index >= 15 is 0 Å². The van der Waals surface area contributed by atoms with Crippen LogP contribution in [0.4, 0.5) is 13.2 Å². The van der Waals surface area contributed by atoms with Crippen LogP contribution in [0.2, 0.25) is 0 Å². The van der Waals surface area contributed by atoms with Gasteiger partial charge in [-0.1, -0.05) is 18.2 Å². The van der Waals surface area contributed by atoms with Gasteiger partial charge in [-0.2, -0.15) is 13.2 Å².